The Morgan fingerprint density at radius 3 is 2.97 bits per heavy atom. The quantitative estimate of drug-likeness (QED) is 0.362. The highest BCUT2D eigenvalue weighted by Crippen LogP contribution is 2.33. The van der Waals surface area contributed by atoms with Crippen LogP contribution in [0.5, 0.6) is 0 Å². The summed E-state index contributed by atoms with van der Waals surface area (Å²) < 4.78 is 6.04. The molecule has 0 radical (unpaired) electrons. The van der Waals surface area contributed by atoms with Gasteiger partial charge in [0, 0.05) is 29.1 Å². The van der Waals surface area contributed by atoms with Crippen LogP contribution in [-0.4, -0.2) is 23.6 Å². The van der Waals surface area contributed by atoms with E-state index in [1.165, 1.54) is 15.1 Å². The number of carbonyl (C=O) groups is 1. The number of aromatic nitrogens is 1. The van der Waals surface area contributed by atoms with E-state index in [-0.39, 0.29) is 12.0 Å². The maximum atomic E-state index is 11.2. The van der Waals surface area contributed by atoms with Crippen molar-refractivity contribution >= 4 is 56.1 Å². The van der Waals surface area contributed by atoms with Crippen LogP contribution in [0.25, 0.3) is 10.2 Å². The van der Waals surface area contributed by atoms with Crippen LogP contribution in [0.15, 0.2) is 40.6 Å². The molecule has 0 saturated heterocycles. The van der Waals surface area contributed by atoms with E-state index in [2.05, 4.69) is 40.1 Å². The molecule has 1 aliphatic rings. The molecule has 1 atom stereocenters. The molecule has 4 rings (SSSR count). The lowest BCUT2D eigenvalue weighted by Gasteiger charge is -2.17. The Morgan fingerprint density at radius 1 is 1.43 bits per heavy atom. The summed E-state index contributed by atoms with van der Waals surface area (Å²) in [6, 6.07) is 6.21. The lowest BCUT2D eigenvalue weighted by molar-refractivity contribution is -0.138. The van der Waals surface area contributed by atoms with Gasteiger partial charge in [0.15, 0.2) is 0 Å². The molecule has 8 heteroatoms. The summed E-state index contributed by atoms with van der Waals surface area (Å²) in [4.78, 5) is 16.9. The Morgan fingerprint density at radius 2 is 2.27 bits per heavy atom. The first-order chi connectivity index (χ1) is 14.5. The molecule has 0 saturated carbocycles. The van der Waals surface area contributed by atoms with Crippen LogP contribution < -0.4 is 11.1 Å². The van der Waals surface area contributed by atoms with Crippen LogP contribution in [0.3, 0.4) is 0 Å². The molecule has 3 N–H and O–H groups in total. The van der Waals surface area contributed by atoms with Gasteiger partial charge >= 0.3 is 5.97 Å². The van der Waals surface area contributed by atoms with Crippen LogP contribution in [-0.2, 0) is 16.1 Å². The maximum Gasteiger partial charge on any atom is 0.333 e. The van der Waals surface area contributed by atoms with Gasteiger partial charge < -0.3 is 15.8 Å². The fourth-order valence-electron chi connectivity index (χ4n) is 3.15. The number of hydrogen-bond donors (Lipinski definition) is 2. The molecular weight excluding hydrogens is 438 g/mol. The van der Waals surface area contributed by atoms with Gasteiger partial charge in [0.25, 0.3) is 0 Å². The summed E-state index contributed by atoms with van der Waals surface area (Å²) in [7, 11) is 0. The molecule has 0 spiro atoms. The highest BCUT2D eigenvalue weighted by molar-refractivity contribution is 7.18. The fraction of sp³-hybridized carbons (Fsp3) is 0.364. The number of allylic oxidation sites excluding steroid dienone is 1. The van der Waals surface area contributed by atoms with Crippen molar-refractivity contribution in [3.8, 4) is 0 Å². The number of carbonyl (C=O) groups excluding carboxylic acids is 1. The molecule has 3 heterocycles. The highest BCUT2D eigenvalue weighted by Gasteiger charge is 2.17. The largest absolute Gasteiger partial charge is 0.463 e. The second-order valence-electron chi connectivity index (χ2n) is 7.01. The summed E-state index contributed by atoms with van der Waals surface area (Å²) in [5.74, 6) is -0.201. The predicted octanol–water partition coefficient (Wildman–Crippen LogP) is 5.92. The Labute approximate surface area is 189 Å². The van der Waals surface area contributed by atoms with Gasteiger partial charge in [-0.15, -0.1) is 22.7 Å². The minimum atomic E-state index is -0.201. The Balaban J connectivity index is 0.000000187. The molecule has 3 aromatic rings. The van der Waals surface area contributed by atoms with Crippen LogP contribution >= 0.6 is 34.3 Å². The van der Waals surface area contributed by atoms with Crippen molar-refractivity contribution < 1.29 is 9.53 Å². The summed E-state index contributed by atoms with van der Waals surface area (Å²) in [5.41, 5.74) is 9.70. The van der Waals surface area contributed by atoms with Gasteiger partial charge in [0.2, 0.25) is 0 Å². The smallest absolute Gasteiger partial charge is 0.333 e. The first-order valence-electron chi connectivity index (χ1n) is 9.90. The lowest BCUT2D eigenvalue weighted by atomic mass is 9.96. The molecule has 1 unspecified atom stereocenters. The lowest BCUT2D eigenvalue weighted by Crippen LogP contribution is -2.25. The third-order valence-corrected chi connectivity index (χ3v) is 6.84. The SMILES string of the molecule is CCOC(=O)C1=CCCC(N)C1.Cc1csc2c(NCc3cccs3)cc(Cl)nc12. The van der Waals surface area contributed by atoms with Gasteiger partial charge in [-0.1, -0.05) is 23.7 Å². The Bertz CT molecular complexity index is 1010. The number of esters is 1. The van der Waals surface area contributed by atoms with E-state index in [1.54, 1.807) is 29.6 Å². The van der Waals surface area contributed by atoms with Crippen molar-refractivity contribution in [3.63, 3.8) is 0 Å². The van der Waals surface area contributed by atoms with Crippen molar-refractivity contribution in [2.45, 2.75) is 45.7 Å². The number of nitrogens with one attached hydrogen (secondary N) is 1. The second-order valence-corrected chi connectivity index (χ2v) is 9.31. The third-order valence-electron chi connectivity index (χ3n) is 4.65. The van der Waals surface area contributed by atoms with E-state index in [9.17, 15) is 4.79 Å². The average molecular weight is 464 g/mol. The van der Waals surface area contributed by atoms with Crippen molar-refractivity contribution in [1.29, 1.82) is 0 Å². The molecule has 1 aliphatic carbocycles. The number of fused-ring (bicyclic) bond motifs is 1. The van der Waals surface area contributed by atoms with Gasteiger partial charge in [-0.2, -0.15) is 0 Å². The minimum Gasteiger partial charge on any atom is -0.463 e. The number of aryl methyl sites for hydroxylation is 1. The summed E-state index contributed by atoms with van der Waals surface area (Å²) in [5, 5.41) is 8.18. The zero-order chi connectivity index (χ0) is 21.5. The van der Waals surface area contributed by atoms with Crippen molar-refractivity contribution in [1.82, 2.24) is 4.98 Å². The molecule has 160 valence electrons. The second kappa shape index (κ2) is 10.9. The topological polar surface area (TPSA) is 77.2 Å². The van der Waals surface area contributed by atoms with Gasteiger partial charge in [-0.3, -0.25) is 0 Å². The number of thiophene rings is 2. The number of ether oxygens (including phenoxy) is 1. The fourth-order valence-corrected chi connectivity index (χ4v) is 4.97. The normalized spacial score (nSPS) is 15.9. The third kappa shape index (κ3) is 6.04. The average Bonchev–Trinajstić information content (AvgIpc) is 3.37. The van der Waals surface area contributed by atoms with E-state index in [4.69, 9.17) is 22.1 Å². The van der Waals surface area contributed by atoms with Crippen LogP contribution in [0.2, 0.25) is 5.15 Å². The molecule has 0 bridgehead atoms. The predicted molar refractivity (Wildman–Crippen MR) is 128 cm³/mol. The Hall–Kier alpha value is -1.93. The summed E-state index contributed by atoms with van der Waals surface area (Å²) in [6.07, 6.45) is 4.47. The number of hydrogen-bond acceptors (Lipinski definition) is 7. The van der Waals surface area contributed by atoms with Gasteiger partial charge in [-0.05, 0) is 55.5 Å². The van der Waals surface area contributed by atoms with Crippen molar-refractivity contribution in [2.75, 3.05) is 11.9 Å². The van der Waals surface area contributed by atoms with E-state index in [0.29, 0.717) is 18.2 Å². The molecule has 0 aromatic carbocycles. The minimum absolute atomic E-state index is 0.134. The number of rotatable bonds is 5. The zero-order valence-corrected chi connectivity index (χ0v) is 19.5. The van der Waals surface area contributed by atoms with Gasteiger partial charge in [0.05, 0.1) is 22.5 Å². The number of nitrogens with two attached hydrogens (primary N) is 1. The molecule has 0 fully saturated rings. The molecule has 0 amide bonds. The van der Waals surface area contributed by atoms with Crippen molar-refractivity contribution in [2.24, 2.45) is 5.73 Å². The van der Waals surface area contributed by atoms with Gasteiger partial charge in [-0.25, -0.2) is 9.78 Å². The molecule has 3 aromatic heterocycles. The zero-order valence-electron chi connectivity index (χ0n) is 17.1. The van der Waals surface area contributed by atoms with E-state index < -0.39 is 0 Å². The van der Waals surface area contributed by atoms with Gasteiger partial charge in [0.1, 0.15) is 5.15 Å². The monoisotopic (exact) mass is 463 g/mol. The van der Waals surface area contributed by atoms with Crippen molar-refractivity contribution in [3.05, 3.63) is 56.2 Å². The number of anilines is 1. The number of halogens is 1. The molecular formula is C22H26ClN3O2S2. The van der Waals surface area contributed by atoms with Crippen LogP contribution in [0, 0.1) is 6.92 Å². The summed E-state index contributed by atoms with van der Waals surface area (Å²) in [6.45, 7) is 5.13. The number of nitrogens with zero attached hydrogens (tertiary/aromatic N) is 1. The molecule has 30 heavy (non-hydrogen) atoms. The standard InChI is InChI=1S/C13H11ClN2S2.C9H15NO2/c1-8-7-18-13-10(5-11(14)16-12(8)13)15-6-9-3-2-4-17-9;1-2-12-9(11)7-4-3-5-8(10)6-7/h2-5,7H,6H2,1H3,(H,15,16);4,8H,2-3,5-6,10H2,1H3. The van der Waals surface area contributed by atoms with E-state index in [0.717, 1.165) is 36.2 Å². The van der Waals surface area contributed by atoms with Crippen LogP contribution in [0.4, 0.5) is 5.69 Å². The molecule has 5 nitrogen and oxygen atoms in total. The Kier molecular flexibility index (Phi) is 8.27. The van der Waals surface area contributed by atoms with E-state index >= 15 is 0 Å². The summed E-state index contributed by atoms with van der Waals surface area (Å²) >= 11 is 9.52. The first kappa shape index (κ1) is 22.7. The van der Waals surface area contributed by atoms with E-state index in [1.807, 2.05) is 12.1 Å². The maximum absolute atomic E-state index is 11.2. The number of pyridine rings is 1. The molecule has 0 aliphatic heterocycles. The highest BCUT2D eigenvalue weighted by atomic mass is 35.5. The van der Waals surface area contributed by atoms with Crippen LogP contribution in [0.1, 0.15) is 36.6 Å². The first-order valence-corrected chi connectivity index (χ1v) is 12.0.